The fourth-order valence-electron chi connectivity index (χ4n) is 3.60. The quantitative estimate of drug-likeness (QED) is 0.342. The van der Waals surface area contributed by atoms with E-state index in [0.29, 0.717) is 12.8 Å². The van der Waals surface area contributed by atoms with Gasteiger partial charge >= 0.3 is 6.36 Å². The molecular weight excluding hydrogens is 452 g/mol. The van der Waals surface area contributed by atoms with Crippen LogP contribution < -0.4 is 15.4 Å². The van der Waals surface area contributed by atoms with Crippen molar-refractivity contribution < 1.29 is 37.3 Å². The summed E-state index contributed by atoms with van der Waals surface area (Å²) in [4.78, 5) is 20.8. The van der Waals surface area contributed by atoms with Crippen molar-refractivity contribution in [2.45, 2.75) is 44.0 Å². The van der Waals surface area contributed by atoms with E-state index in [0.717, 1.165) is 18.2 Å². The summed E-state index contributed by atoms with van der Waals surface area (Å²) >= 11 is 0. The number of fused-ring (bicyclic) bond motifs is 1. The van der Waals surface area contributed by atoms with Crippen LogP contribution in [-0.2, 0) is 6.54 Å². The summed E-state index contributed by atoms with van der Waals surface area (Å²) in [5.74, 6) is -2.07. The van der Waals surface area contributed by atoms with E-state index in [-0.39, 0.29) is 28.1 Å². The monoisotopic (exact) mass is 470 g/mol. The van der Waals surface area contributed by atoms with Gasteiger partial charge in [-0.25, -0.2) is 14.4 Å². The molecule has 1 fully saturated rings. The number of aliphatic hydroxyl groups is 2. The van der Waals surface area contributed by atoms with Crippen molar-refractivity contribution in [3.63, 3.8) is 0 Å². The molecule has 0 unspecified atom stereocenters. The summed E-state index contributed by atoms with van der Waals surface area (Å²) in [5.41, 5.74) is -0.212. The van der Waals surface area contributed by atoms with Gasteiger partial charge in [-0.1, -0.05) is 0 Å². The Morgan fingerprint density at radius 2 is 2.03 bits per heavy atom. The number of aliphatic hydroxyl groups excluding tert-OH is 2. The third-order valence-corrected chi connectivity index (χ3v) is 5.17. The minimum atomic E-state index is -4.99. The number of benzene rings is 1. The van der Waals surface area contributed by atoms with Gasteiger partial charge in [0.15, 0.2) is 5.65 Å². The zero-order chi connectivity index (χ0) is 23.8. The molecule has 33 heavy (non-hydrogen) atoms. The lowest BCUT2D eigenvalue weighted by Crippen LogP contribution is -2.34. The van der Waals surface area contributed by atoms with Crippen molar-refractivity contribution in [2.75, 3.05) is 5.32 Å². The second-order valence-electron chi connectivity index (χ2n) is 7.39. The molecule has 2 aromatic heterocycles. The lowest BCUT2D eigenvalue weighted by Gasteiger charge is -2.19. The minimum Gasteiger partial charge on any atom is -0.405 e. The number of carbonyl (C=O) groups is 1. The molecule has 5 N–H and O–H groups in total. The predicted molar refractivity (Wildman–Crippen MR) is 105 cm³/mol. The van der Waals surface area contributed by atoms with Crippen LogP contribution in [0.15, 0.2) is 24.5 Å². The Hall–Kier alpha value is -3.52. The molecule has 4 rings (SSSR count). The SMILES string of the molecule is O=C(NCc1cc(F)ccc1OC(F)(F)F)c1[nH]nc2ncnc(N[C@@H]3CC[C@@H](O)[C@H]3O)c12. The maximum atomic E-state index is 13.6. The van der Waals surface area contributed by atoms with Gasteiger partial charge in [0, 0.05) is 12.1 Å². The van der Waals surface area contributed by atoms with Crippen molar-refractivity contribution in [1.82, 2.24) is 25.5 Å². The Morgan fingerprint density at radius 1 is 1.24 bits per heavy atom. The molecule has 1 amide bonds. The van der Waals surface area contributed by atoms with Crippen LogP contribution in [0.25, 0.3) is 11.0 Å². The van der Waals surface area contributed by atoms with E-state index >= 15 is 0 Å². The number of anilines is 1. The van der Waals surface area contributed by atoms with Crippen LogP contribution in [-0.4, -0.2) is 60.9 Å². The minimum absolute atomic E-state index is 0.101. The Kier molecular flexibility index (Phi) is 6.03. The first-order chi connectivity index (χ1) is 15.6. The van der Waals surface area contributed by atoms with E-state index in [4.69, 9.17) is 0 Å². The topological polar surface area (TPSA) is 145 Å². The maximum absolute atomic E-state index is 13.6. The summed E-state index contributed by atoms with van der Waals surface area (Å²) in [5, 5.41) is 31.8. The average Bonchev–Trinajstić information content (AvgIpc) is 3.32. The summed E-state index contributed by atoms with van der Waals surface area (Å²) in [6.45, 7) is -0.480. The number of ether oxygens (including phenoxy) is 1. The lowest BCUT2D eigenvalue weighted by atomic mass is 10.1. The fourth-order valence-corrected chi connectivity index (χ4v) is 3.60. The van der Waals surface area contributed by atoms with Gasteiger partial charge in [-0.05, 0) is 31.0 Å². The van der Waals surface area contributed by atoms with E-state index in [1.165, 1.54) is 6.33 Å². The van der Waals surface area contributed by atoms with Crippen molar-refractivity contribution in [3.8, 4) is 5.75 Å². The summed E-state index contributed by atoms with van der Waals surface area (Å²) < 4.78 is 55.3. The normalized spacial score (nSPS) is 20.7. The molecule has 3 atom stereocenters. The molecule has 10 nitrogen and oxygen atoms in total. The first kappa shape index (κ1) is 22.7. The number of nitrogens with one attached hydrogen (secondary N) is 3. The summed E-state index contributed by atoms with van der Waals surface area (Å²) in [7, 11) is 0. The van der Waals surface area contributed by atoms with Gasteiger partial charge in [0.05, 0.1) is 23.6 Å². The third-order valence-electron chi connectivity index (χ3n) is 5.17. The first-order valence-corrected chi connectivity index (χ1v) is 9.76. The number of amides is 1. The number of carbonyl (C=O) groups excluding carboxylic acids is 1. The second-order valence-corrected chi connectivity index (χ2v) is 7.39. The molecule has 1 aliphatic rings. The largest absolute Gasteiger partial charge is 0.573 e. The van der Waals surface area contributed by atoms with Crippen LogP contribution in [0.3, 0.4) is 0 Å². The van der Waals surface area contributed by atoms with Gasteiger partial charge in [0.1, 0.15) is 29.4 Å². The van der Waals surface area contributed by atoms with Crippen LogP contribution in [0.4, 0.5) is 23.4 Å². The molecule has 14 heteroatoms. The average molecular weight is 470 g/mol. The van der Waals surface area contributed by atoms with Crippen LogP contribution >= 0.6 is 0 Å². The van der Waals surface area contributed by atoms with Crippen molar-refractivity contribution in [2.24, 2.45) is 0 Å². The first-order valence-electron chi connectivity index (χ1n) is 9.76. The molecule has 0 aliphatic heterocycles. The number of rotatable bonds is 6. The molecule has 1 saturated carbocycles. The van der Waals surface area contributed by atoms with E-state index < -0.39 is 48.6 Å². The van der Waals surface area contributed by atoms with E-state index in [9.17, 15) is 32.6 Å². The highest BCUT2D eigenvalue weighted by molar-refractivity contribution is 6.07. The smallest absolute Gasteiger partial charge is 0.405 e. The van der Waals surface area contributed by atoms with Gasteiger partial charge < -0.3 is 25.6 Å². The van der Waals surface area contributed by atoms with Gasteiger partial charge in [-0.3, -0.25) is 9.89 Å². The van der Waals surface area contributed by atoms with Gasteiger partial charge in [-0.15, -0.1) is 13.2 Å². The van der Waals surface area contributed by atoms with Gasteiger partial charge in [-0.2, -0.15) is 5.10 Å². The standard InChI is InChI=1S/C19H18F4N6O4/c20-9-1-4-12(33-19(21,22)23)8(5-9)6-24-18(32)14-13-16(25-7-26-17(13)29-28-14)27-10-2-3-11(30)15(10)31/h1,4-5,7,10-11,15,30-31H,2-3,6H2,(H,24,32)(H2,25,26,27,28,29)/t10-,11-,15+/m1/s1. The second kappa shape index (κ2) is 8.78. The Labute approximate surface area is 183 Å². The van der Waals surface area contributed by atoms with E-state index in [2.05, 4.69) is 35.5 Å². The number of H-pyrrole nitrogens is 1. The van der Waals surface area contributed by atoms with Crippen LogP contribution in [0, 0.1) is 5.82 Å². The molecule has 1 aliphatic carbocycles. The molecule has 3 aromatic rings. The Morgan fingerprint density at radius 3 is 2.73 bits per heavy atom. The van der Waals surface area contributed by atoms with Crippen LogP contribution in [0.5, 0.6) is 5.75 Å². The van der Waals surface area contributed by atoms with Crippen LogP contribution in [0.2, 0.25) is 0 Å². The fraction of sp³-hybridized carbons (Fsp3) is 0.368. The van der Waals surface area contributed by atoms with E-state index in [1.807, 2.05) is 0 Å². The summed E-state index contributed by atoms with van der Waals surface area (Å²) in [6.07, 6.45) is -4.91. The number of hydrogen-bond acceptors (Lipinski definition) is 8. The number of aromatic nitrogens is 4. The number of aromatic amines is 1. The third kappa shape index (κ3) is 4.96. The number of alkyl halides is 3. The molecule has 0 saturated heterocycles. The highest BCUT2D eigenvalue weighted by atomic mass is 19.4. The molecule has 0 radical (unpaired) electrons. The highest BCUT2D eigenvalue weighted by Gasteiger charge is 2.34. The van der Waals surface area contributed by atoms with Crippen molar-refractivity contribution in [1.29, 1.82) is 0 Å². The molecule has 176 valence electrons. The van der Waals surface area contributed by atoms with Gasteiger partial charge in [0.2, 0.25) is 0 Å². The van der Waals surface area contributed by atoms with Crippen LogP contribution in [0.1, 0.15) is 28.9 Å². The molecule has 2 heterocycles. The van der Waals surface area contributed by atoms with Gasteiger partial charge in [0.25, 0.3) is 5.91 Å². The number of halogens is 4. The summed E-state index contributed by atoms with van der Waals surface area (Å²) in [6, 6.07) is 1.90. The van der Waals surface area contributed by atoms with Crippen molar-refractivity contribution >= 4 is 22.8 Å². The molecule has 0 bridgehead atoms. The number of hydrogen-bond donors (Lipinski definition) is 5. The maximum Gasteiger partial charge on any atom is 0.573 e. The lowest BCUT2D eigenvalue weighted by molar-refractivity contribution is -0.274. The zero-order valence-electron chi connectivity index (χ0n) is 16.7. The number of nitrogens with zero attached hydrogens (tertiary/aromatic N) is 3. The molecule has 1 aromatic carbocycles. The predicted octanol–water partition coefficient (Wildman–Crippen LogP) is 1.62. The molecule has 0 spiro atoms. The highest BCUT2D eigenvalue weighted by Crippen LogP contribution is 2.29. The zero-order valence-corrected chi connectivity index (χ0v) is 16.7. The Balaban J connectivity index is 1.56. The Bertz CT molecular complexity index is 1170. The van der Waals surface area contributed by atoms with Crippen molar-refractivity contribution in [3.05, 3.63) is 41.6 Å². The van der Waals surface area contributed by atoms with E-state index in [1.54, 1.807) is 0 Å². The molecular formula is C19H18F4N6O4.